The van der Waals surface area contributed by atoms with Gasteiger partial charge in [0.15, 0.2) is 5.60 Å². The Morgan fingerprint density at radius 3 is 2.10 bits per heavy atom. The Morgan fingerprint density at radius 1 is 0.686 bits per heavy atom. The molecule has 0 radical (unpaired) electrons. The van der Waals surface area contributed by atoms with Crippen molar-refractivity contribution >= 4 is 22.5 Å². The zero-order chi connectivity index (χ0) is 35.0. The van der Waals surface area contributed by atoms with Gasteiger partial charge in [0.2, 0.25) is 0 Å². The number of nitrogens with zero attached hydrogens (tertiary/aromatic N) is 1. The number of hydrogen-bond acceptors (Lipinski definition) is 3. The minimum Gasteiger partial charge on any atom is -0.472 e. The van der Waals surface area contributed by atoms with Crippen LogP contribution in [-0.4, -0.2) is 26.3 Å². The zero-order valence-corrected chi connectivity index (χ0v) is 28.4. The lowest BCUT2D eigenvalue weighted by molar-refractivity contribution is -0.137. The van der Waals surface area contributed by atoms with E-state index >= 15 is 0 Å². The second-order valence-electron chi connectivity index (χ2n) is 14.2. The zero-order valence-electron chi connectivity index (χ0n) is 28.4. The molecule has 1 unspecified atom stereocenters. The molecule has 6 aromatic carbocycles. The summed E-state index contributed by atoms with van der Waals surface area (Å²) in [6.45, 7) is 7.50. The molecule has 3 aliphatic rings. The van der Waals surface area contributed by atoms with Gasteiger partial charge in [-0.25, -0.2) is 0 Å². The topological polar surface area (TPSA) is 21.7 Å². The maximum absolute atomic E-state index is 14.1. The number of anilines is 1. The molecule has 1 aliphatic carbocycles. The highest BCUT2D eigenvalue weighted by Crippen LogP contribution is 2.58. The van der Waals surface area contributed by atoms with Crippen LogP contribution >= 0.6 is 0 Å². The first-order valence-corrected chi connectivity index (χ1v) is 17.4. The molecule has 1 atom stereocenters. The van der Waals surface area contributed by atoms with Gasteiger partial charge in [0.05, 0.1) is 18.8 Å². The largest absolute Gasteiger partial charge is 0.472 e. The van der Waals surface area contributed by atoms with E-state index in [1.54, 1.807) is 12.1 Å². The summed E-state index contributed by atoms with van der Waals surface area (Å²) in [5.41, 5.74) is 7.14. The van der Waals surface area contributed by atoms with Crippen molar-refractivity contribution in [3.63, 3.8) is 0 Å². The molecular weight excluding hydrogens is 643 g/mol. The Hall–Kier alpha value is -5.33. The molecule has 0 saturated carbocycles. The fraction of sp³-hybridized carbons (Fsp3) is 0.200. The SMILES string of the molecule is CC1(C)c2cc(-c3ccccc3C(F)(F)F)ccc2-c2c1c1c(c3ccccc23)OC(c2ccccc2)(c2ccc(N3CCOCC3)cc2)C=C1. The monoisotopic (exact) mass is 679 g/mol. The smallest absolute Gasteiger partial charge is 0.417 e. The van der Waals surface area contributed by atoms with E-state index in [2.05, 4.69) is 79.4 Å². The van der Waals surface area contributed by atoms with Gasteiger partial charge in [0.25, 0.3) is 0 Å². The van der Waals surface area contributed by atoms with E-state index in [-0.39, 0.29) is 5.56 Å². The molecule has 2 aliphatic heterocycles. The molecule has 0 aromatic heterocycles. The van der Waals surface area contributed by atoms with Crippen molar-refractivity contribution < 1.29 is 22.6 Å². The van der Waals surface area contributed by atoms with Gasteiger partial charge in [-0.3, -0.25) is 0 Å². The molecule has 51 heavy (non-hydrogen) atoms. The third-order valence-corrected chi connectivity index (χ3v) is 11.0. The number of fused-ring (bicyclic) bond motifs is 8. The third-order valence-electron chi connectivity index (χ3n) is 11.0. The number of rotatable bonds is 4. The van der Waals surface area contributed by atoms with Crippen LogP contribution < -0.4 is 9.64 Å². The van der Waals surface area contributed by atoms with Gasteiger partial charge < -0.3 is 14.4 Å². The lowest BCUT2D eigenvalue weighted by Gasteiger charge is -2.38. The van der Waals surface area contributed by atoms with E-state index in [0.29, 0.717) is 5.56 Å². The van der Waals surface area contributed by atoms with E-state index in [9.17, 15) is 13.2 Å². The molecular formula is C45H36F3NO2. The summed E-state index contributed by atoms with van der Waals surface area (Å²) in [6, 6.07) is 39.0. The number of alkyl halides is 3. The summed E-state index contributed by atoms with van der Waals surface area (Å²) in [7, 11) is 0. The maximum atomic E-state index is 14.1. The fourth-order valence-corrected chi connectivity index (χ4v) is 8.49. The fourth-order valence-electron chi connectivity index (χ4n) is 8.49. The van der Waals surface area contributed by atoms with Crippen molar-refractivity contribution in [1.29, 1.82) is 0 Å². The minimum atomic E-state index is -4.46. The summed E-state index contributed by atoms with van der Waals surface area (Å²) in [4.78, 5) is 2.35. The average Bonchev–Trinajstić information content (AvgIpc) is 3.41. The van der Waals surface area contributed by atoms with E-state index in [1.807, 2.05) is 48.5 Å². The second kappa shape index (κ2) is 11.6. The van der Waals surface area contributed by atoms with Crippen LogP contribution in [0.3, 0.4) is 0 Å². The first-order valence-electron chi connectivity index (χ1n) is 17.4. The lowest BCUT2D eigenvalue weighted by atomic mass is 9.76. The predicted molar refractivity (Wildman–Crippen MR) is 198 cm³/mol. The molecule has 3 nitrogen and oxygen atoms in total. The second-order valence-corrected chi connectivity index (χ2v) is 14.2. The summed E-state index contributed by atoms with van der Waals surface area (Å²) < 4.78 is 55.4. The molecule has 254 valence electrons. The molecule has 0 N–H and O–H groups in total. The van der Waals surface area contributed by atoms with Crippen LogP contribution in [-0.2, 0) is 21.9 Å². The Kier molecular flexibility index (Phi) is 7.20. The van der Waals surface area contributed by atoms with Gasteiger partial charge in [0, 0.05) is 46.3 Å². The molecule has 2 heterocycles. The number of morpholine rings is 1. The number of halogens is 3. The summed E-state index contributed by atoms with van der Waals surface area (Å²) in [6.07, 6.45) is -0.0758. The van der Waals surface area contributed by atoms with Crippen LogP contribution in [0.1, 0.15) is 47.2 Å². The van der Waals surface area contributed by atoms with Gasteiger partial charge in [-0.05, 0) is 69.1 Å². The average molecular weight is 680 g/mol. The van der Waals surface area contributed by atoms with Crippen LogP contribution in [0.2, 0.25) is 0 Å². The van der Waals surface area contributed by atoms with Crippen molar-refractivity contribution in [2.24, 2.45) is 0 Å². The van der Waals surface area contributed by atoms with Crippen LogP contribution in [0.15, 0.2) is 127 Å². The normalized spacial score (nSPS) is 19.0. The number of hydrogen-bond donors (Lipinski definition) is 0. The Balaban J connectivity index is 1.22. The molecule has 6 heteroatoms. The van der Waals surface area contributed by atoms with Gasteiger partial charge >= 0.3 is 6.18 Å². The maximum Gasteiger partial charge on any atom is 0.417 e. The summed E-state index contributed by atoms with van der Waals surface area (Å²) >= 11 is 0. The summed E-state index contributed by atoms with van der Waals surface area (Å²) in [5, 5.41) is 2.05. The van der Waals surface area contributed by atoms with Gasteiger partial charge in [-0.1, -0.05) is 117 Å². The highest BCUT2D eigenvalue weighted by Gasteiger charge is 2.44. The van der Waals surface area contributed by atoms with Crippen molar-refractivity contribution in [3.8, 4) is 28.0 Å². The van der Waals surface area contributed by atoms with E-state index in [0.717, 1.165) is 93.5 Å². The first-order chi connectivity index (χ1) is 24.7. The summed E-state index contributed by atoms with van der Waals surface area (Å²) in [5.74, 6) is 0.802. The molecule has 9 rings (SSSR count). The molecule has 1 fully saturated rings. The number of benzene rings is 6. The van der Waals surface area contributed by atoms with Gasteiger partial charge in [0.1, 0.15) is 5.75 Å². The van der Waals surface area contributed by atoms with E-state index in [4.69, 9.17) is 9.47 Å². The number of ether oxygens (including phenoxy) is 2. The Morgan fingerprint density at radius 2 is 1.35 bits per heavy atom. The minimum absolute atomic E-state index is 0.182. The molecule has 1 saturated heterocycles. The third kappa shape index (κ3) is 4.91. The Bertz CT molecular complexity index is 2340. The molecule has 6 aromatic rings. The first kappa shape index (κ1) is 31.6. The van der Waals surface area contributed by atoms with Crippen molar-refractivity contribution in [2.75, 3.05) is 31.2 Å². The molecule has 0 amide bonds. The van der Waals surface area contributed by atoms with Crippen molar-refractivity contribution in [3.05, 3.63) is 161 Å². The van der Waals surface area contributed by atoms with Crippen LogP contribution in [0.25, 0.3) is 39.1 Å². The highest BCUT2D eigenvalue weighted by molar-refractivity contribution is 6.08. The lowest BCUT2D eigenvalue weighted by Crippen LogP contribution is -2.37. The Labute approximate surface area is 295 Å². The van der Waals surface area contributed by atoms with E-state index in [1.165, 1.54) is 6.07 Å². The quantitative estimate of drug-likeness (QED) is 0.185. The van der Waals surface area contributed by atoms with Crippen LogP contribution in [0.5, 0.6) is 5.75 Å². The van der Waals surface area contributed by atoms with Crippen molar-refractivity contribution in [2.45, 2.75) is 31.0 Å². The predicted octanol–water partition coefficient (Wildman–Crippen LogP) is 11.0. The van der Waals surface area contributed by atoms with E-state index < -0.39 is 22.8 Å². The van der Waals surface area contributed by atoms with Crippen LogP contribution in [0.4, 0.5) is 18.9 Å². The molecule has 0 bridgehead atoms. The van der Waals surface area contributed by atoms with Crippen molar-refractivity contribution in [1.82, 2.24) is 0 Å². The highest BCUT2D eigenvalue weighted by atomic mass is 19.4. The molecule has 0 spiro atoms. The van der Waals surface area contributed by atoms with Crippen LogP contribution in [0, 0.1) is 0 Å². The standard InChI is InChI=1S/C45H36F3NO2/c1-43(2)39-28-29(33-12-8-9-15-38(33)45(46,47)48)16-21-36(39)40-34-13-6-7-14-35(34)42-37(41(40)43)22-23-44(51-42,30-10-4-3-5-11-30)31-17-19-32(20-18-31)49-24-26-50-27-25-49/h3-23,28H,24-27H2,1-2H3. The van der Waals surface area contributed by atoms with Gasteiger partial charge in [-0.15, -0.1) is 0 Å². The van der Waals surface area contributed by atoms with Gasteiger partial charge in [-0.2, -0.15) is 13.2 Å².